The number of carbonyl (C=O) groups excluding carboxylic acids is 1. The van der Waals surface area contributed by atoms with Crippen LogP contribution in [0.1, 0.15) is 42.4 Å². The van der Waals surface area contributed by atoms with Crippen molar-refractivity contribution in [3.8, 4) is 11.4 Å². The smallest absolute Gasteiger partial charge is 0.313 e. The normalized spacial score (nSPS) is 17.6. The molecule has 0 saturated carbocycles. The van der Waals surface area contributed by atoms with E-state index in [1.165, 1.54) is 0 Å². The van der Waals surface area contributed by atoms with E-state index in [1.54, 1.807) is 4.57 Å². The first-order valence-electron chi connectivity index (χ1n) is 8.99. The van der Waals surface area contributed by atoms with Crippen LogP contribution < -0.4 is 5.56 Å². The van der Waals surface area contributed by atoms with Crippen molar-refractivity contribution in [3.05, 3.63) is 63.4 Å². The van der Waals surface area contributed by atoms with Crippen LogP contribution in [0.25, 0.3) is 22.3 Å². The summed E-state index contributed by atoms with van der Waals surface area (Å²) in [6.45, 7) is 2.62. The molecule has 26 heavy (non-hydrogen) atoms. The van der Waals surface area contributed by atoms with Crippen molar-refractivity contribution in [1.82, 2.24) is 9.55 Å². The first-order chi connectivity index (χ1) is 12.7. The zero-order chi connectivity index (χ0) is 17.8. The predicted molar refractivity (Wildman–Crippen MR) is 98.0 cm³/mol. The Morgan fingerprint density at radius 2 is 2.08 bits per heavy atom. The van der Waals surface area contributed by atoms with Gasteiger partial charge in [0.2, 0.25) is 0 Å². The van der Waals surface area contributed by atoms with Crippen LogP contribution in [0.15, 0.2) is 41.2 Å². The largest absolute Gasteiger partial charge is 0.460 e. The third kappa shape index (κ3) is 2.06. The number of hydrogen-bond donors (Lipinski definition) is 0. The Morgan fingerprint density at radius 3 is 2.92 bits per heavy atom. The number of carbonyl (C=O) groups is 1. The maximum atomic E-state index is 13.1. The molecule has 0 radical (unpaired) electrons. The number of nitrogens with zero attached hydrogens (tertiary/aromatic N) is 2. The molecule has 0 amide bonds. The van der Waals surface area contributed by atoms with Gasteiger partial charge in [0.15, 0.2) is 0 Å². The van der Waals surface area contributed by atoms with E-state index in [0.29, 0.717) is 18.5 Å². The standard InChI is InChI=1S/C21H18N2O3/c1-2-5-14-15-9-18-19-13(8-12-6-3-4-7-17(12)22-19)10-23(18)20(24)16(15)11-26-21(14)25/h3-4,6-9,14H,2,5,10-11H2,1H3/t14-/m1/s1. The molecule has 2 aliphatic heterocycles. The second-order valence-electron chi connectivity index (χ2n) is 6.99. The van der Waals surface area contributed by atoms with E-state index in [9.17, 15) is 9.59 Å². The lowest BCUT2D eigenvalue weighted by atomic mass is 9.89. The highest BCUT2D eigenvalue weighted by molar-refractivity contribution is 5.85. The van der Waals surface area contributed by atoms with Crippen molar-refractivity contribution in [2.45, 2.75) is 38.8 Å². The molecule has 0 fully saturated rings. The highest BCUT2D eigenvalue weighted by Gasteiger charge is 2.34. The fraction of sp³-hybridized carbons (Fsp3) is 0.286. The fourth-order valence-electron chi connectivity index (χ4n) is 4.12. The van der Waals surface area contributed by atoms with E-state index in [2.05, 4.69) is 6.07 Å². The van der Waals surface area contributed by atoms with Crippen LogP contribution in [0.3, 0.4) is 0 Å². The van der Waals surface area contributed by atoms with Crippen molar-refractivity contribution in [3.63, 3.8) is 0 Å². The lowest BCUT2D eigenvalue weighted by molar-refractivity contribution is -0.148. The minimum absolute atomic E-state index is 0.0619. The van der Waals surface area contributed by atoms with E-state index < -0.39 is 0 Å². The van der Waals surface area contributed by atoms with Crippen molar-refractivity contribution >= 4 is 16.9 Å². The number of para-hydroxylation sites is 1. The van der Waals surface area contributed by atoms with E-state index in [0.717, 1.165) is 39.8 Å². The third-order valence-corrected chi connectivity index (χ3v) is 5.40. The average molecular weight is 346 g/mol. The Kier molecular flexibility index (Phi) is 3.26. The zero-order valence-corrected chi connectivity index (χ0v) is 14.5. The quantitative estimate of drug-likeness (QED) is 0.522. The Morgan fingerprint density at radius 1 is 1.23 bits per heavy atom. The summed E-state index contributed by atoms with van der Waals surface area (Å²) < 4.78 is 7.04. The monoisotopic (exact) mass is 346 g/mol. The van der Waals surface area contributed by atoms with Crippen molar-refractivity contribution < 1.29 is 9.53 Å². The Balaban J connectivity index is 1.75. The third-order valence-electron chi connectivity index (χ3n) is 5.40. The number of rotatable bonds is 2. The second kappa shape index (κ2) is 5.53. The fourth-order valence-corrected chi connectivity index (χ4v) is 4.12. The lowest BCUT2D eigenvalue weighted by Crippen LogP contribution is -2.32. The molecule has 2 aromatic heterocycles. The summed E-state index contributed by atoms with van der Waals surface area (Å²) in [5, 5.41) is 1.07. The summed E-state index contributed by atoms with van der Waals surface area (Å²) in [4.78, 5) is 30.1. The minimum atomic E-state index is -0.355. The van der Waals surface area contributed by atoms with Gasteiger partial charge in [-0.2, -0.15) is 0 Å². The number of pyridine rings is 2. The Labute approximate surface area is 150 Å². The number of benzene rings is 1. The van der Waals surface area contributed by atoms with Gasteiger partial charge < -0.3 is 9.30 Å². The number of aromatic nitrogens is 2. The van der Waals surface area contributed by atoms with Gasteiger partial charge in [0.05, 0.1) is 34.9 Å². The van der Waals surface area contributed by atoms with Crippen LogP contribution in [0, 0.1) is 0 Å². The van der Waals surface area contributed by atoms with Gasteiger partial charge in [0.1, 0.15) is 6.61 Å². The summed E-state index contributed by atoms with van der Waals surface area (Å²) in [5.74, 6) is -0.583. The van der Waals surface area contributed by atoms with E-state index in [1.807, 2.05) is 37.3 Å². The van der Waals surface area contributed by atoms with Crippen LogP contribution in [-0.4, -0.2) is 15.5 Å². The summed E-state index contributed by atoms with van der Waals surface area (Å²) in [5.41, 5.74) is 4.99. The van der Waals surface area contributed by atoms with Gasteiger partial charge in [-0.05, 0) is 30.2 Å². The molecule has 0 spiro atoms. The molecule has 1 atom stereocenters. The van der Waals surface area contributed by atoms with Gasteiger partial charge in [-0.25, -0.2) is 4.98 Å². The van der Waals surface area contributed by atoms with Gasteiger partial charge in [-0.15, -0.1) is 0 Å². The van der Waals surface area contributed by atoms with Crippen LogP contribution >= 0.6 is 0 Å². The number of fused-ring (bicyclic) bond motifs is 5. The van der Waals surface area contributed by atoms with Gasteiger partial charge in [-0.3, -0.25) is 9.59 Å². The average Bonchev–Trinajstić information content (AvgIpc) is 3.00. The van der Waals surface area contributed by atoms with Crippen molar-refractivity contribution in [2.75, 3.05) is 0 Å². The highest BCUT2D eigenvalue weighted by atomic mass is 16.5. The first-order valence-corrected chi connectivity index (χ1v) is 8.99. The summed E-state index contributed by atoms with van der Waals surface area (Å²) >= 11 is 0. The molecule has 0 saturated heterocycles. The van der Waals surface area contributed by atoms with E-state index in [4.69, 9.17) is 9.72 Å². The Hall–Kier alpha value is -2.95. The molecule has 5 rings (SSSR count). The minimum Gasteiger partial charge on any atom is -0.460 e. The van der Waals surface area contributed by atoms with Crippen LogP contribution in [0.2, 0.25) is 0 Å². The SMILES string of the molecule is CCC[C@H]1C(=O)OCc2c1cc1n(c2=O)Cc2cc3ccccc3nc2-1. The number of cyclic esters (lactones) is 1. The second-order valence-corrected chi connectivity index (χ2v) is 6.99. The molecule has 0 aliphatic carbocycles. The molecule has 0 unspecified atom stereocenters. The van der Waals surface area contributed by atoms with Gasteiger partial charge in [0.25, 0.3) is 5.56 Å². The zero-order valence-electron chi connectivity index (χ0n) is 14.5. The molecule has 5 heteroatoms. The van der Waals surface area contributed by atoms with Crippen molar-refractivity contribution in [1.29, 1.82) is 0 Å². The molecular weight excluding hydrogens is 328 g/mol. The van der Waals surface area contributed by atoms with Crippen molar-refractivity contribution in [2.24, 2.45) is 0 Å². The van der Waals surface area contributed by atoms with E-state index in [-0.39, 0.29) is 24.1 Å². The highest BCUT2D eigenvalue weighted by Crippen LogP contribution is 2.36. The molecule has 130 valence electrons. The number of hydrogen-bond acceptors (Lipinski definition) is 4. The lowest BCUT2D eigenvalue weighted by Gasteiger charge is -2.24. The topological polar surface area (TPSA) is 61.2 Å². The van der Waals surface area contributed by atoms with E-state index >= 15 is 0 Å². The van der Waals surface area contributed by atoms with Crippen LogP contribution in [0.4, 0.5) is 0 Å². The first kappa shape index (κ1) is 15.3. The molecule has 1 aromatic carbocycles. The molecule has 3 aromatic rings. The molecule has 5 nitrogen and oxygen atoms in total. The molecular formula is C21H18N2O3. The molecule has 0 N–H and O–H groups in total. The van der Waals surface area contributed by atoms with Gasteiger partial charge in [0, 0.05) is 10.9 Å². The Bertz CT molecular complexity index is 1130. The maximum absolute atomic E-state index is 13.1. The van der Waals surface area contributed by atoms with Gasteiger partial charge >= 0.3 is 5.97 Å². The number of esters is 1. The summed E-state index contributed by atoms with van der Waals surface area (Å²) in [7, 11) is 0. The molecule has 0 bridgehead atoms. The summed E-state index contributed by atoms with van der Waals surface area (Å²) in [6, 6.07) is 12.1. The molecule has 2 aliphatic rings. The van der Waals surface area contributed by atoms with Gasteiger partial charge in [-0.1, -0.05) is 31.5 Å². The van der Waals surface area contributed by atoms with Crippen LogP contribution in [0.5, 0.6) is 0 Å². The molecule has 4 heterocycles. The maximum Gasteiger partial charge on any atom is 0.313 e. The summed E-state index contributed by atoms with van der Waals surface area (Å²) in [6.07, 6.45) is 1.55. The van der Waals surface area contributed by atoms with Crippen LogP contribution in [-0.2, 0) is 22.7 Å². The number of ether oxygens (including phenoxy) is 1. The predicted octanol–water partition coefficient (Wildman–Crippen LogP) is 3.37.